The lowest BCUT2D eigenvalue weighted by Gasteiger charge is -2.12. The Kier molecular flexibility index (Phi) is 8.02. The predicted molar refractivity (Wildman–Crippen MR) is 95.9 cm³/mol. The number of halogens is 2. The molecule has 28 heavy (non-hydrogen) atoms. The highest BCUT2D eigenvalue weighted by Gasteiger charge is 2.14. The Morgan fingerprint density at radius 1 is 1.36 bits per heavy atom. The Bertz CT molecular complexity index is 816. The van der Waals surface area contributed by atoms with Gasteiger partial charge in [0.25, 0.3) is 17.7 Å². The minimum absolute atomic E-state index is 0.0181. The summed E-state index contributed by atoms with van der Waals surface area (Å²) in [6.07, 6.45) is -0.693. The van der Waals surface area contributed by atoms with Crippen molar-refractivity contribution in [2.24, 2.45) is 0 Å². The third kappa shape index (κ3) is 6.71. The monoisotopic (exact) mass is 415 g/mol. The first-order valence-corrected chi connectivity index (χ1v) is 8.58. The van der Waals surface area contributed by atoms with Crippen LogP contribution in [0.1, 0.15) is 17.0 Å². The number of carbonyl (C=O) groups excluding carboxylic acids is 2. The molecule has 0 spiro atoms. The topological polar surface area (TPSA) is 123 Å². The summed E-state index contributed by atoms with van der Waals surface area (Å²) in [6.45, 7) is -0.236. The summed E-state index contributed by atoms with van der Waals surface area (Å²) in [5.74, 6) is -1.33. The summed E-state index contributed by atoms with van der Waals surface area (Å²) in [5.41, 5.74) is 0. The van der Waals surface area contributed by atoms with E-state index < -0.39 is 23.7 Å². The molecule has 0 saturated carbocycles. The summed E-state index contributed by atoms with van der Waals surface area (Å²) < 4.78 is 28.0. The van der Waals surface area contributed by atoms with Crippen LogP contribution in [0.4, 0.5) is 4.39 Å². The van der Waals surface area contributed by atoms with Crippen molar-refractivity contribution in [3.63, 3.8) is 0 Å². The molecule has 1 unspecified atom stereocenters. The minimum Gasteiger partial charge on any atom is -0.484 e. The summed E-state index contributed by atoms with van der Waals surface area (Å²) >= 11 is 5.55. The van der Waals surface area contributed by atoms with Crippen molar-refractivity contribution in [1.29, 1.82) is 0 Å². The third-order valence-corrected chi connectivity index (χ3v) is 3.79. The number of aliphatic hydroxyl groups excluding tert-OH is 1. The molecule has 0 fully saturated rings. The van der Waals surface area contributed by atoms with Gasteiger partial charge >= 0.3 is 0 Å². The van der Waals surface area contributed by atoms with Crippen molar-refractivity contribution in [2.75, 3.05) is 26.8 Å². The van der Waals surface area contributed by atoms with E-state index in [0.717, 1.165) is 6.07 Å². The SMILES string of the molecule is COc1cc(C(=O)NCCC(O)CNC(=O)COc2ccc(Cl)c(F)c2)on1. The van der Waals surface area contributed by atoms with E-state index in [9.17, 15) is 19.1 Å². The number of benzene rings is 1. The number of hydrogen-bond donors (Lipinski definition) is 3. The van der Waals surface area contributed by atoms with E-state index in [1.165, 1.54) is 25.3 Å². The third-order valence-electron chi connectivity index (χ3n) is 3.48. The van der Waals surface area contributed by atoms with Crippen molar-refractivity contribution >= 4 is 23.4 Å². The van der Waals surface area contributed by atoms with Crippen LogP contribution in [0, 0.1) is 5.82 Å². The lowest BCUT2D eigenvalue weighted by Crippen LogP contribution is -2.37. The van der Waals surface area contributed by atoms with Crippen molar-refractivity contribution in [2.45, 2.75) is 12.5 Å². The zero-order chi connectivity index (χ0) is 20.5. The number of hydrogen-bond acceptors (Lipinski definition) is 7. The molecule has 9 nitrogen and oxygen atoms in total. The average molecular weight is 416 g/mol. The molecule has 2 aromatic rings. The molecular weight excluding hydrogens is 397 g/mol. The van der Waals surface area contributed by atoms with Crippen LogP contribution in [0.15, 0.2) is 28.8 Å². The van der Waals surface area contributed by atoms with Crippen molar-refractivity contribution in [3.8, 4) is 11.6 Å². The van der Waals surface area contributed by atoms with Crippen LogP contribution in [0.5, 0.6) is 11.6 Å². The molecule has 1 aromatic carbocycles. The molecule has 0 saturated heterocycles. The van der Waals surface area contributed by atoms with E-state index in [1.54, 1.807) is 0 Å². The number of nitrogens with zero attached hydrogens (tertiary/aromatic N) is 1. The van der Waals surface area contributed by atoms with Crippen molar-refractivity contribution < 1.29 is 33.1 Å². The smallest absolute Gasteiger partial charge is 0.290 e. The number of ether oxygens (including phenoxy) is 2. The Morgan fingerprint density at radius 2 is 2.14 bits per heavy atom. The molecule has 2 rings (SSSR count). The van der Waals surface area contributed by atoms with Crippen molar-refractivity contribution in [3.05, 3.63) is 40.9 Å². The summed E-state index contributed by atoms with van der Waals surface area (Å²) in [4.78, 5) is 23.5. The van der Waals surface area contributed by atoms with Gasteiger partial charge in [-0.25, -0.2) is 4.39 Å². The van der Waals surface area contributed by atoms with Crippen molar-refractivity contribution in [1.82, 2.24) is 15.8 Å². The number of rotatable bonds is 10. The second-order valence-corrected chi connectivity index (χ2v) is 6.01. The number of amides is 2. The zero-order valence-electron chi connectivity index (χ0n) is 14.9. The molecule has 1 heterocycles. The Hall–Kier alpha value is -2.85. The van der Waals surface area contributed by atoms with Gasteiger partial charge in [0.2, 0.25) is 5.76 Å². The van der Waals surface area contributed by atoms with Crippen LogP contribution in [0.3, 0.4) is 0 Å². The molecular formula is C17H19ClFN3O6. The first kappa shape index (κ1) is 21.5. The quantitative estimate of drug-likeness (QED) is 0.532. The van der Waals surface area contributed by atoms with E-state index in [2.05, 4.69) is 15.8 Å². The fraction of sp³-hybridized carbons (Fsp3) is 0.353. The van der Waals surface area contributed by atoms with E-state index in [4.69, 9.17) is 25.6 Å². The molecule has 1 aromatic heterocycles. The molecule has 0 aliphatic rings. The Balaban J connectivity index is 1.62. The number of methoxy groups -OCH3 is 1. The zero-order valence-corrected chi connectivity index (χ0v) is 15.7. The van der Waals surface area contributed by atoms with Crippen LogP contribution in [-0.2, 0) is 4.79 Å². The standard InChI is InChI=1S/C17H19ClFN3O6/c1-26-16-7-14(28-22-16)17(25)20-5-4-10(23)8-21-15(24)9-27-11-2-3-12(18)13(19)6-11/h2-3,6-7,10,23H,4-5,8-9H2,1H3,(H,20,25)(H,21,24). The maximum atomic E-state index is 13.3. The van der Waals surface area contributed by atoms with E-state index >= 15 is 0 Å². The largest absolute Gasteiger partial charge is 0.484 e. The minimum atomic E-state index is -0.888. The van der Waals surface area contributed by atoms with Gasteiger partial charge in [0.15, 0.2) is 6.61 Å². The molecule has 2 amide bonds. The highest BCUT2D eigenvalue weighted by molar-refractivity contribution is 6.30. The first-order chi connectivity index (χ1) is 13.4. The van der Waals surface area contributed by atoms with Gasteiger partial charge in [-0.15, -0.1) is 0 Å². The number of aliphatic hydroxyl groups is 1. The molecule has 1 atom stereocenters. The molecule has 0 radical (unpaired) electrons. The van der Waals surface area contributed by atoms with Crippen LogP contribution < -0.4 is 20.1 Å². The molecule has 11 heteroatoms. The number of carbonyl (C=O) groups is 2. The lowest BCUT2D eigenvalue weighted by molar-refractivity contribution is -0.123. The summed E-state index contributed by atoms with van der Waals surface area (Å²) in [7, 11) is 1.39. The van der Waals surface area contributed by atoms with Crippen LogP contribution in [0.2, 0.25) is 5.02 Å². The highest BCUT2D eigenvalue weighted by Crippen LogP contribution is 2.20. The fourth-order valence-corrected chi connectivity index (χ4v) is 2.12. The summed E-state index contributed by atoms with van der Waals surface area (Å²) in [6, 6.07) is 5.15. The van der Waals surface area contributed by atoms with Crippen LogP contribution in [0.25, 0.3) is 0 Å². The van der Waals surface area contributed by atoms with E-state index in [0.29, 0.717) is 0 Å². The van der Waals surface area contributed by atoms with Gasteiger partial charge in [-0.2, -0.15) is 0 Å². The fourth-order valence-electron chi connectivity index (χ4n) is 2.00. The van der Waals surface area contributed by atoms with Gasteiger partial charge in [0, 0.05) is 19.2 Å². The second-order valence-electron chi connectivity index (χ2n) is 5.60. The van der Waals surface area contributed by atoms with E-state index in [1.807, 2.05) is 0 Å². The van der Waals surface area contributed by atoms with Gasteiger partial charge in [-0.3, -0.25) is 9.59 Å². The number of aromatic nitrogens is 1. The molecule has 152 valence electrons. The van der Waals surface area contributed by atoms with E-state index in [-0.39, 0.29) is 48.5 Å². The Labute approximate surface area is 164 Å². The maximum absolute atomic E-state index is 13.3. The predicted octanol–water partition coefficient (Wildman–Crippen LogP) is 1.15. The first-order valence-electron chi connectivity index (χ1n) is 8.20. The van der Waals surface area contributed by atoms with Gasteiger partial charge in [0.1, 0.15) is 11.6 Å². The highest BCUT2D eigenvalue weighted by atomic mass is 35.5. The normalized spacial score (nSPS) is 11.6. The molecule has 0 bridgehead atoms. The maximum Gasteiger partial charge on any atom is 0.290 e. The van der Waals surface area contributed by atoms with Crippen LogP contribution >= 0.6 is 11.6 Å². The van der Waals surface area contributed by atoms with Gasteiger partial charge in [-0.05, 0) is 23.7 Å². The van der Waals surface area contributed by atoms with Gasteiger partial charge in [-0.1, -0.05) is 11.6 Å². The lowest BCUT2D eigenvalue weighted by atomic mass is 10.2. The molecule has 0 aliphatic carbocycles. The average Bonchev–Trinajstić information content (AvgIpc) is 3.16. The Morgan fingerprint density at radius 3 is 2.82 bits per heavy atom. The van der Waals surface area contributed by atoms with Crippen LogP contribution in [-0.4, -0.2) is 55.0 Å². The van der Waals surface area contributed by atoms with Gasteiger partial charge in [0.05, 0.1) is 24.3 Å². The number of nitrogens with one attached hydrogen (secondary N) is 2. The summed E-state index contributed by atoms with van der Waals surface area (Å²) in [5, 5.41) is 18.3. The van der Waals surface area contributed by atoms with Gasteiger partial charge < -0.3 is 29.7 Å². The second kappa shape index (κ2) is 10.5. The molecule has 3 N–H and O–H groups in total. The molecule has 0 aliphatic heterocycles.